The lowest BCUT2D eigenvalue weighted by Crippen LogP contribution is -2.30. The molecule has 3 aromatic carbocycles. The van der Waals surface area contributed by atoms with E-state index in [0.717, 1.165) is 20.9 Å². The summed E-state index contributed by atoms with van der Waals surface area (Å²) in [7, 11) is -2.72. The quantitative estimate of drug-likeness (QED) is 0.434. The molecule has 0 fully saturated rings. The first-order valence-electron chi connectivity index (χ1n) is 10.5. The monoisotopic (exact) mass is 459 g/mol. The summed E-state index contributed by atoms with van der Waals surface area (Å²) >= 11 is 0. The molecular formula is C26H21NO5S. The molecular weight excluding hydrogens is 438 g/mol. The van der Waals surface area contributed by atoms with Crippen LogP contribution in [0.15, 0.2) is 88.7 Å². The number of pyridine rings is 1. The lowest BCUT2D eigenvalue weighted by molar-refractivity contribution is -0.143. The van der Waals surface area contributed by atoms with E-state index in [1.54, 1.807) is 0 Å². The highest BCUT2D eigenvalue weighted by atomic mass is 32.2. The summed E-state index contributed by atoms with van der Waals surface area (Å²) < 4.78 is 32.4. The summed E-state index contributed by atoms with van der Waals surface area (Å²) in [6.45, 7) is 0. The maximum Gasteiger partial charge on any atom is 0.330 e. The predicted octanol–water partition coefficient (Wildman–Crippen LogP) is 3.76. The van der Waals surface area contributed by atoms with Crippen molar-refractivity contribution in [3.05, 3.63) is 100 Å². The third-order valence-corrected chi connectivity index (χ3v) is 7.81. The molecule has 0 amide bonds. The van der Waals surface area contributed by atoms with E-state index in [0.29, 0.717) is 23.1 Å². The molecule has 0 spiro atoms. The Morgan fingerprint density at radius 1 is 0.970 bits per heavy atom. The van der Waals surface area contributed by atoms with Crippen LogP contribution in [0.4, 0.5) is 0 Å². The van der Waals surface area contributed by atoms with E-state index in [2.05, 4.69) is 0 Å². The van der Waals surface area contributed by atoms with Gasteiger partial charge in [0.15, 0.2) is 9.84 Å². The Kier molecular flexibility index (Phi) is 5.13. The summed E-state index contributed by atoms with van der Waals surface area (Å²) in [5.74, 6) is -1.24. The fourth-order valence-electron chi connectivity index (χ4n) is 4.62. The summed E-state index contributed by atoms with van der Waals surface area (Å²) in [5.41, 5.74) is 2.17. The average Bonchev–Trinajstić information content (AvgIpc) is 3.11. The summed E-state index contributed by atoms with van der Waals surface area (Å²) in [4.78, 5) is 25.5. The van der Waals surface area contributed by atoms with Gasteiger partial charge in [-0.25, -0.2) is 13.2 Å². The van der Waals surface area contributed by atoms with Crippen LogP contribution >= 0.6 is 0 Å². The number of methoxy groups -OCH3 is 1. The van der Waals surface area contributed by atoms with Crippen LogP contribution in [0.5, 0.6) is 0 Å². The molecule has 1 atom stereocenters. The van der Waals surface area contributed by atoms with Gasteiger partial charge in [-0.1, -0.05) is 72.8 Å². The zero-order valence-electron chi connectivity index (χ0n) is 17.9. The Hall–Kier alpha value is -3.71. The molecule has 0 aliphatic carbocycles. The molecule has 0 unspecified atom stereocenters. The summed E-state index contributed by atoms with van der Waals surface area (Å²) in [6, 6.07) is 23.2. The Labute approximate surface area is 191 Å². The van der Waals surface area contributed by atoms with Gasteiger partial charge in [0.1, 0.15) is 11.1 Å². The van der Waals surface area contributed by atoms with Gasteiger partial charge in [0.2, 0.25) is 0 Å². The number of aromatic nitrogens is 1. The molecule has 1 aromatic heterocycles. The van der Waals surface area contributed by atoms with Crippen LogP contribution < -0.4 is 5.56 Å². The van der Waals surface area contributed by atoms with E-state index >= 15 is 0 Å². The average molecular weight is 460 g/mol. The van der Waals surface area contributed by atoms with Crippen molar-refractivity contribution in [2.45, 2.75) is 17.5 Å². The molecule has 166 valence electrons. The molecule has 0 bridgehead atoms. The SMILES string of the molecule is COC(=O)[C@@H]1CS(=O)(=O)c2c(-c3ccccc3)c(Cc3cccc4ccccc34)cc(=O)n21. The van der Waals surface area contributed by atoms with Gasteiger partial charge in [-0.3, -0.25) is 9.36 Å². The lowest BCUT2D eigenvalue weighted by atomic mass is 9.93. The molecule has 33 heavy (non-hydrogen) atoms. The topological polar surface area (TPSA) is 82.4 Å². The number of sulfone groups is 1. The Morgan fingerprint density at radius 3 is 2.42 bits per heavy atom. The van der Waals surface area contributed by atoms with E-state index in [1.807, 2.05) is 72.8 Å². The molecule has 6 nitrogen and oxygen atoms in total. The number of nitrogens with zero attached hydrogens (tertiary/aromatic N) is 1. The van der Waals surface area contributed by atoms with Gasteiger partial charge in [-0.05, 0) is 33.9 Å². The van der Waals surface area contributed by atoms with Crippen molar-refractivity contribution in [1.29, 1.82) is 0 Å². The molecule has 7 heteroatoms. The molecule has 0 saturated carbocycles. The largest absolute Gasteiger partial charge is 0.467 e. The maximum atomic E-state index is 13.3. The first-order chi connectivity index (χ1) is 15.9. The minimum atomic E-state index is -3.91. The zero-order valence-corrected chi connectivity index (χ0v) is 18.7. The molecule has 0 radical (unpaired) electrons. The number of carbonyl (C=O) groups is 1. The van der Waals surface area contributed by atoms with Gasteiger partial charge in [0, 0.05) is 11.6 Å². The molecule has 4 aromatic rings. The van der Waals surface area contributed by atoms with Crippen molar-refractivity contribution in [2.75, 3.05) is 12.9 Å². The minimum absolute atomic E-state index is 0.119. The number of hydrogen-bond donors (Lipinski definition) is 0. The normalized spacial score (nSPS) is 16.5. The second-order valence-electron chi connectivity index (χ2n) is 8.06. The van der Waals surface area contributed by atoms with Crippen molar-refractivity contribution in [2.24, 2.45) is 0 Å². The standard InChI is InChI=1S/C26H21NO5S/c1-32-26(29)22-16-33(30,31)25-24(18-9-3-2-4-10-18)20(15-23(28)27(22)25)14-19-12-7-11-17-8-5-6-13-21(17)19/h2-13,15,22H,14,16H2,1H3/t22-/m0/s1. The van der Waals surface area contributed by atoms with E-state index in [9.17, 15) is 18.0 Å². The van der Waals surface area contributed by atoms with Crippen molar-refractivity contribution in [3.8, 4) is 11.1 Å². The molecule has 1 aliphatic rings. The van der Waals surface area contributed by atoms with Crippen LogP contribution in [-0.2, 0) is 25.8 Å². The van der Waals surface area contributed by atoms with Gasteiger partial charge in [-0.2, -0.15) is 0 Å². The fraction of sp³-hybridized carbons (Fsp3) is 0.154. The summed E-state index contributed by atoms with van der Waals surface area (Å²) in [5, 5.41) is 1.98. The Morgan fingerprint density at radius 2 is 1.67 bits per heavy atom. The number of carbonyl (C=O) groups excluding carboxylic acids is 1. The Balaban J connectivity index is 1.81. The van der Waals surface area contributed by atoms with Crippen LogP contribution in [0.2, 0.25) is 0 Å². The Bertz CT molecular complexity index is 1550. The van der Waals surface area contributed by atoms with Crippen LogP contribution in [0.1, 0.15) is 17.2 Å². The third-order valence-electron chi connectivity index (χ3n) is 6.07. The molecule has 2 heterocycles. The molecule has 1 aliphatic heterocycles. The maximum absolute atomic E-state index is 13.3. The van der Waals surface area contributed by atoms with E-state index < -0.39 is 33.2 Å². The second kappa shape index (κ2) is 8.01. The van der Waals surface area contributed by atoms with E-state index in [1.165, 1.54) is 13.2 Å². The van der Waals surface area contributed by atoms with E-state index in [4.69, 9.17) is 4.74 Å². The second-order valence-corrected chi connectivity index (χ2v) is 10.0. The van der Waals surface area contributed by atoms with Gasteiger partial charge in [-0.15, -0.1) is 0 Å². The van der Waals surface area contributed by atoms with Gasteiger partial charge >= 0.3 is 5.97 Å². The van der Waals surface area contributed by atoms with Gasteiger partial charge in [0.25, 0.3) is 5.56 Å². The van der Waals surface area contributed by atoms with Gasteiger partial charge in [0.05, 0.1) is 12.9 Å². The molecule has 0 N–H and O–H groups in total. The number of esters is 1. The van der Waals surface area contributed by atoms with Crippen LogP contribution in [0.3, 0.4) is 0 Å². The number of hydrogen-bond acceptors (Lipinski definition) is 5. The first kappa shape index (κ1) is 21.2. The highest BCUT2D eigenvalue weighted by Crippen LogP contribution is 2.38. The predicted molar refractivity (Wildman–Crippen MR) is 126 cm³/mol. The number of rotatable bonds is 4. The highest BCUT2D eigenvalue weighted by Gasteiger charge is 2.43. The highest BCUT2D eigenvalue weighted by molar-refractivity contribution is 7.91. The first-order valence-corrected chi connectivity index (χ1v) is 12.2. The van der Waals surface area contributed by atoms with Gasteiger partial charge < -0.3 is 4.74 Å². The van der Waals surface area contributed by atoms with Crippen molar-refractivity contribution in [1.82, 2.24) is 4.57 Å². The van der Waals surface area contributed by atoms with Crippen LogP contribution in [0, 0.1) is 0 Å². The van der Waals surface area contributed by atoms with Crippen LogP contribution in [0.25, 0.3) is 21.9 Å². The number of benzene rings is 3. The number of fused-ring (bicyclic) bond motifs is 2. The summed E-state index contributed by atoms with van der Waals surface area (Å²) in [6.07, 6.45) is 0.368. The smallest absolute Gasteiger partial charge is 0.330 e. The zero-order chi connectivity index (χ0) is 23.2. The third kappa shape index (κ3) is 3.54. The van der Waals surface area contributed by atoms with Crippen LogP contribution in [-0.4, -0.2) is 31.8 Å². The molecule has 5 rings (SSSR count). The minimum Gasteiger partial charge on any atom is -0.467 e. The van der Waals surface area contributed by atoms with E-state index in [-0.39, 0.29) is 5.03 Å². The number of ether oxygens (including phenoxy) is 1. The fourth-order valence-corrected chi connectivity index (χ4v) is 6.56. The molecule has 0 saturated heterocycles. The van der Waals surface area contributed by atoms with Crippen molar-refractivity contribution in [3.63, 3.8) is 0 Å². The van der Waals surface area contributed by atoms with Crippen molar-refractivity contribution < 1.29 is 17.9 Å². The lowest BCUT2D eigenvalue weighted by Gasteiger charge is -2.17. The van der Waals surface area contributed by atoms with Crippen molar-refractivity contribution >= 4 is 26.6 Å².